The van der Waals surface area contributed by atoms with E-state index in [9.17, 15) is 9.59 Å². The van der Waals surface area contributed by atoms with Gasteiger partial charge in [0, 0.05) is 46.2 Å². The van der Waals surface area contributed by atoms with Crippen LogP contribution < -0.4 is 20.1 Å². The fourth-order valence-corrected chi connectivity index (χ4v) is 6.91. The average Bonchev–Trinajstić information content (AvgIpc) is 3.00. The summed E-state index contributed by atoms with van der Waals surface area (Å²) in [6.07, 6.45) is 7.53. The number of fused-ring (bicyclic) bond motifs is 1. The van der Waals surface area contributed by atoms with Crippen molar-refractivity contribution in [2.75, 3.05) is 30.0 Å². The number of carbonyl (C=O) groups excluding carboxylic acids is 2. The first-order valence-corrected chi connectivity index (χ1v) is 15.8. The fourth-order valence-electron chi connectivity index (χ4n) is 5.09. The Bertz CT molecular complexity index is 1320. The van der Waals surface area contributed by atoms with Crippen molar-refractivity contribution in [1.29, 1.82) is 0 Å². The Hall–Kier alpha value is -2.94. The van der Waals surface area contributed by atoms with E-state index in [0.29, 0.717) is 18.2 Å². The molecule has 0 unspecified atom stereocenters. The minimum absolute atomic E-state index is 0.0131. The van der Waals surface area contributed by atoms with Crippen LogP contribution in [0.4, 0.5) is 11.4 Å². The quantitative estimate of drug-likeness (QED) is 0.142. The first kappa shape index (κ1) is 30.0. The van der Waals surface area contributed by atoms with Gasteiger partial charge in [0.15, 0.2) is 6.29 Å². The van der Waals surface area contributed by atoms with Crippen molar-refractivity contribution in [3.8, 4) is 5.75 Å². The Kier molecular flexibility index (Phi) is 11.4. The van der Waals surface area contributed by atoms with Crippen LogP contribution >= 0.6 is 23.7 Å². The lowest BCUT2D eigenvalue weighted by Crippen LogP contribution is -2.33. The van der Waals surface area contributed by atoms with Crippen molar-refractivity contribution < 1.29 is 14.3 Å². The molecule has 0 heterocycles. The van der Waals surface area contributed by atoms with Crippen LogP contribution in [-0.2, 0) is 11.2 Å². The summed E-state index contributed by atoms with van der Waals surface area (Å²) in [5.74, 6) is 1.94. The van der Waals surface area contributed by atoms with E-state index in [1.807, 2.05) is 54.2 Å². The molecule has 0 atom stereocenters. The second-order valence-corrected chi connectivity index (χ2v) is 12.3. The lowest BCUT2D eigenvalue weighted by atomic mass is 9.86. The summed E-state index contributed by atoms with van der Waals surface area (Å²) in [5, 5.41) is 8.39. The Morgan fingerprint density at radius 3 is 2.45 bits per heavy atom. The first-order valence-electron chi connectivity index (χ1n) is 14.0. The molecular formula is C32H39N3O3S2. The van der Waals surface area contributed by atoms with E-state index in [4.69, 9.17) is 4.74 Å². The highest BCUT2D eigenvalue weighted by molar-refractivity contribution is 8.21. The maximum Gasteiger partial charge on any atom is 0.227 e. The number of benzene rings is 3. The van der Waals surface area contributed by atoms with E-state index >= 15 is 0 Å². The number of hydrogen-bond acceptors (Lipinski definition) is 7. The van der Waals surface area contributed by atoms with Crippen LogP contribution in [0.1, 0.15) is 55.5 Å². The lowest BCUT2D eigenvalue weighted by Gasteiger charge is -2.28. The minimum Gasteiger partial charge on any atom is -0.497 e. The number of thioether (sulfide) groups is 1. The van der Waals surface area contributed by atoms with E-state index in [-0.39, 0.29) is 11.8 Å². The number of carbonyl (C=O) groups is 2. The van der Waals surface area contributed by atoms with Gasteiger partial charge < -0.3 is 15.4 Å². The third-order valence-corrected chi connectivity index (χ3v) is 9.59. The maximum absolute atomic E-state index is 13.3. The van der Waals surface area contributed by atoms with Gasteiger partial charge in [-0.05, 0) is 86.6 Å². The molecule has 1 amide bonds. The van der Waals surface area contributed by atoms with Gasteiger partial charge in [0.2, 0.25) is 5.91 Å². The third kappa shape index (κ3) is 7.83. The molecule has 40 heavy (non-hydrogen) atoms. The standard InChI is InChI=1S/C32H39N3O3S2/c1-4-30(39-5-2)40-35-25-13-11-23(12-14-25)32(37)34-28-17-18-29(31-24(21-36)7-6-8-27(28)31)33-20-19-22-9-15-26(38-3)16-10-22/h4,6-10,15-18,21,23,25,33,35H,5,11-14,19-20H2,1-3H3,(H,34,37)/b30-4+. The molecule has 1 fully saturated rings. The van der Waals surface area contributed by atoms with Gasteiger partial charge in [-0.1, -0.05) is 43.3 Å². The van der Waals surface area contributed by atoms with Crippen LogP contribution in [0.3, 0.4) is 0 Å². The van der Waals surface area contributed by atoms with Crippen molar-refractivity contribution in [2.45, 2.75) is 52.0 Å². The summed E-state index contributed by atoms with van der Waals surface area (Å²) < 4.78 is 10.1. The number of methoxy groups -OCH3 is 1. The van der Waals surface area contributed by atoms with Gasteiger partial charge in [0.25, 0.3) is 0 Å². The Labute approximate surface area is 246 Å². The predicted octanol–water partition coefficient (Wildman–Crippen LogP) is 7.67. The number of amides is 1. The van der Waals surface area contributed by atoms with E-state index in [0.717, 1.165) is 72.0 Å². The van der Waals surface area contributed by atoms with Crippen LogP contribution in [0.5, 0.6) is 5.75 Å². The molecule has 1 aliphatic rings. The Morgan fingerprint density at radius 1 is 1.02 bits per heavy atom. The number of aldehydes is 1. The SMILES string of the molecule is C/C=C(\SCC)SNC1CCC(C(=O)Nc2ccc(NCCc3ccc(OC)cc3)c3c(C=O)cccc23)CC1. The molecule has 3 aromatic rings. The van der Waals surface area contributed by atoms with Crippen LogP contribution in [0, 0.1) is 5.92 Å². The van der Waals surface area contributed by atoms with Crippen molar-refractivity contribution in [3.05, 3.63) is 76.0 Å². The number of nitrogens with one attached hydrogen (secondary N) is 3. The molecule has 4 rings (SSSR count). The van der Waals surface area contributed by atoms with Crippen molar-refractivity contribution in [2.24, 2.45) is 5.92 Å². The topological polar surface area (TPSA) is 79.5 Å². The third-order valence-electron chi connectivity index (χ3n) is 7.29. The van der Waals surface area contributed by atoms with Gasteiger partial charge in [-0.15, -0.1) is 11.8 Å². The summed E-state index contributed by atoms with van der Waals surface area (Å²) >= 11 is 3.56. The van der Waals surface area contributed by atoms with Crippen molar-refractivity contribution in [1.82, 2.24) is 4.72 Å². The summed E-state index contributed by atoms with van der Waals surface area (Å²) in [6, 6.07) is 18.0. The lowest BCUT2D eigenvalue weighted by molar-refractivity contribution is -0.120. The second-order valence-electron chi connectivity index (χ2n) is 9.87. The smallest absolute Gasteiger partial charge is 0.227 e. The molecule has 6 nitrogen and oxygen atoms in total. The van der Waals surface area contributed by atoms with Gasteiger partial charge in [0.1, 0.15) is 5.75 Å². The van der Waals surface area contributed by atoms with E-state index in [2.05, 4.69) is 47.4 Å². The summed E-state index contributed by atoms with van der Waals surface area (Å²) in [7, 11) is 1.66. The summed E-state index contributed by atoms with van der Waals surface area (Å²) in [6.45, 7) is 4.94. The first-order chi connectivity index (χ1) is 19.6. The van der Waals surface area contributed by atoms with Crippen LogP contribution in [0.25, 0.3) is 10.8 Å². The Balaban J connectivity index is 1.39. The van der Waals surface area contributed by atoms with E-state index < -0.39 is 0 Å². The number of rotatable bonds is 13. The van der Waals surface area contributed by atoms with Crippen LogP contribution in [0.15, 0.2) is 64.9 Å². The number of ether oxygens (including phenoxy) is 1. The van der Waals surface area contributed by atoms with Gasteiger partial charge in [-0.2, -0.15) is 0 Å². The predicted molar refractivity (Wildman–Crippen MR) is 172 cm³/mol. The number of hydrogen-bond donors (Lipinski definition) is 3. The largest absolute Gasteiger partial charge is 0.497 e. The normalized spacial score (nSPS) is 17.4. The highest BCUT2D eigenvalue weighted by Crippen LogP contribution is 2.34. The molecule has 8 heteroatoms. The highest BCUT2D eigenvalue weighted by atomic mass is 32.2. The molecule has 3 N–H and O–H groups in total. The number of allylic oxidation sites excluding steroid dienone is 1. The summed E-state index contributed by atoms with van der Waals surface area (Å²) in [4.78, 5) is 25.2. The molecule has 212 valence electrons. The molecule has 0 saturated heterocycles. The average molecular weight is 578 g/mol. The van der Waals surface area contributed by atoms with Gasteiger partial charge >= 0.3 is 0 Å². The second kappa shape index (κ2) is 15.2. The van der Waals surface area contributed by atoms with Crippen LogP contribution in [0.2, 0.25) is 0 Å². The van der Waals surface area contributed by atoms with Crippen molar-refractivity contribution >= 4 is 58.1 Å². The van der Waals surface area contributed by atoms with E-state index in [1.165, 1.54) is 9.80 Å². The highest BCUT2D eigenvalue weighted by Gasteiger charge is 2.27. The molecule has 0 spiro atoms. The number of anilines is 2. The monoisotopic (exact) mass is 577 g/mol. The minimum atomic E-state index is -0.0131. The summed E-state index contributed by atoms with van der Waals surface area (Å²) in [5.41, 5.74) is 3.43. The molecule has 0 bridgehead atoms. The van der Waals surface area contributed by atoms with E-state index in [1.54, 1.807) is 19.1 Å². The zero-order valence-corrected chi connectivity index (χ0v) is 25.1. The molecule has 3 aromatic carbocycles. The zero-order chi connectivity index (χ0) is 28.3. The van der Waals surface area contributed by atoms with Gasteiger partial charge in [-0.3, -0.25) is 14.3 Å². The fraction of sp³-hybridized carbons (Fsp3) is 0.375. The zero-order valence-electron chi connectivity index (χ0n) is 23.5. The van der Waals surface area contributed by atoms with Crippen molar-refractivity contribution in [3.63, 3.8) is 0 Å². The molecule has 1 saturated carbocycles. The molecule has 0 aliphatic heterocycles. The molecule has 0 aromatic heterocycles. The van der Waals surface area contributed by atoms with Gasteiger partial charge in [-0.25, -0.2) is 0 Å². The van der Waals surface area contributed by atoms with Gasteiger partial charge in [0.05, 0.1) is 11.3 Å². The van der Waals surface area contributed by atoms with Crippen LogP contribution in [-0.4, -0.2) is 37.6 Å². The molecule has 0 radical (unpaired) electrons. The maximum atomic E-state index is 13.3. The molecule has 1 aliphatic carbocycles. The Morgan fingerprint density at radius 2 is 1.77 bits per heavy atom. The molecular weight excluding hydrogens is 539 g/mol.